The van der Waals surface area contributed by atoms with Gasteiger partial charge in [-0.05, 0) is 36.5 Å². The van der Waals surface area contributed by atoms with Gasteiger partial charge in [-0.15, -0.1) is 12.6 Å². The Balaban J connectivity index is 1.92. The third-order valence-corrected chi connectivity index (χ3v) is 3.76. The molecule has 0 saturated carbocycles. The summed E-state index contributed by atoms with van der Waals surface area (Å²) in [5.74, 6) is -0.0291. The molecular weight excluding hydrogens is 246 g/mol. The van der Waals surface area contributed by atoms with E-state index in [0.29, 0.717) is 12.1 Å². The fraction of sp³-hybridized carbons (Fsp3) is 0.500. The largest absolute Gasteiger partial charge is 0.381 e. The molecule has 1 aliphatic heterocycles. The molecule has 18 heavy (non-hydrogen) atoms. The predicted molar refractivity (Wildman–Crippen MR) is 74.2 cm³/mol. The molecule has 1 aromatic carbocycles. The van der Waals surface area contributed by atoms with Gasteiger partial charge in [-0.3, -0.25) is 4.79 Å². The van der Waals surface area contributed by atoms with Crippen LogP contribution in [-0.4, -0.2) is 25.7 Å². The van der Waals surface area contributed by atoms with Gasteiger partial charge in [0.2, 0.25) is 0 Å². The molecular formula is C14H19NO2S. The smallest absolute Gasteiger partial charge is 0.251 e. The Morgan fingerprint density at radius 3 is 2.83 bits per heavy atom. The number of nitrogens with one attached hydrogen (secondary N) is 1. The zero-order valence-corrected chi connectivity index (χ0v) is 11.5. The summed E-state index contributed by atoms with van der Waals surface area (Å²) in [4.78, 5) is 12.8. The molecule has 2 rings (SSSR count). The molecule has 0 unspecified atom stereocenters. The number of hydrogen-bond donors (Lipinski definition) is 2. The quantitative estimate of drug-likeness (QED) is 0.824. The summed E-state index contributed by atoms with van der Waals surface area (Å²) in [6.45, 7) is 4.48. The second kappa shape index (κ2) is 5.76. The van der Waals surface area contributed by atoms with Gasteiger partial charge in [0.25, 0.3) is 5.91 Å². The van der Waals surface area contributed by atoms with Crippen molar-refractivity contribution in [3.05, 3.63) is 29.8 Å². The van der Waals surface area contributed by atoms with Crippen LogP contribution in [0.3, 0.4) is 0 Å². The standard InChI is InChI=1S/C14H19NO2S/c1-14(5-7-17-8-6-14)10-15-13(16)11-3-2-4-12(18)9-11/h2-4,9,18H,5-8,10H2,1H3,(H,15,16). The molecule has 1 fully saturated rings. The highest BCUT2D eigenvalue weighted by atomic mass is 32.1. The lowest BCUT2D eigenvalue weighted by atomic mass is 9.82. The first-order valence-corrected chi connectivity index (χ1v) is 6.69. The Hall–Kier alpha value is -1.00. The van der Waals surface area contributed by atoms with Crippen LogP contribution < -0.4 is 5.32 Å². The Kier molecular flexibility index (Phi) is 4.30. The maximum absolute atomic E-state index is 12.0. The summed E-state index contributed by atoms with van der Waals surface area (Å²) < 4.78 is 5.35. The molecule has 1 N–H and O–H groups in total. The van der Waals surface area contributed by atoms with Gasteiger partial charge in [0.1, 0.15) is 0 Å². The number of hydrogen-bond acceptors (Lipinski definition) is 3. The van der Waals surface area contributed by atoms with Crippen LogP contribution in [0.5, 0.6) is 0 Å². The molecule has 98 valence electrons. The van der Waals surface area contributed by atoms with Crippen LogP contribution in [0.1, 0.15) is 30.1 Å². The predicted octanol–water partition coefficient (Wildman–Crippen LogP) is 2.52. The summed E-state index contributed by atoms with van der Waals surface area (Å²) in [6.07, 6.45) is 2.00. The first-order chi connectivity index (χ1) is 8.59. The van der Waals surface area contributed by atoms with Gasteiger partial charge in [0, 0.05) is 30.2 Å². The Labute approximate surface area is 113 Å². The number of thiol groups is 1. The first-order valence-electron chi connectivity index (χ1n) is 6.24. The Bertz CT molecular complexity index is 428. The Morgan fingerprint density at radius 1 is 1.44 bits per heavy atom. The lowest BCUT2D eigenvalue weighted by Crippen LogP contribution is -2.39. The van der Waals surface area contributed by atoms with Gasteiger partial charge < -0.3 is 10.1 Å². The number of benzene rings is 1. The van der Waals surface area contributed by atoms with Crippen molar-refractivity contribution >= 4 is 18.5 Å². The lowest BCUT2D eigenvalue weighted by molar-refractivity contribution is 0.0238. The van der Waals surface area contributed by atoms with Crippen molar-refractivity contribution in [2.75, 3.05) is 19.8 Å². The average Bonchev–Trinajstić information content (AvgIpc) is 2.37. The Morgan fingerprint density at radius 2 is 2.17 bits per heavy atom. The SMILES string of the molecule is CC1(CNC(=O)c2cccc(S)c2)CCOCC1. The van der Waals surface area contributed by atoms with E-state index in [9.17, 15) is 4.79 Å². The fourth-order valence-corrected chi connectivity index (χ4v) is 2.31. The number of carbonyl (C=O) groups excluding carboxylic acids is 1. The van der Waals surface area contributed by atoms with Crippen molar-refractivity contribution in [1.29, 1.82) is 0 Å². The van der Waals surface area contributed by atoms with Crippen LogP contribution >= 0.6 is 12.6 Å². The molecule has 0 radical (unpaired) electrons. The number of amides is 1. The molecule has 4 heteroatoms. The van der Waals surface area contributed by atoms with Gasteiger partial charge in [-0.25, -0.2) is 0 Å². The zero-order chi connectivity index (χ0) is 13.0. The topological polar surface area (TPSA) is 38.3 Å². The maximum Gasteiger partial charge on any atom is 0.251 e. The van der Waals surface area contributed by atoms with Crippen molar-refractivity contribution in [2.45, 2.75) is 24.7 Å². The molecule has 1 aromatic rings. The molecule has 0 bridgehead atoms. The lowest BCUT2D eigenvalue weighted by Gasteiger charge is -2.33. The molecule has 1 amide bonds. The second-order valence-corrected chi connectivity index (χ2v) is 5.67. The molecule has 0 aliphatic carbocycles. The minimum absolute atomic E-state index is 0.0291. The van der Waals surface area contributed by atoms with Crippen LogP contribution in [0.15, 0.2) is 29.2 Å². The highest BCUT2D eigenvalue weighted by Crippen LogP contribution is 2.28. The number of carbonyl (C=O) groups is 1. The van der Waals surface area contributed by atoms with E-state index in [1.807, 2.05) is 12.1 Å². The summed E-state index contributed by atoms with van der Waals surface area (Å²) in [6, 6.07) is 7.29. The third-order valence-electron chi connectivity index (χ3n) is 3.48. The maximum atomic E-state index is 12.0. The average molecular weight is 265 g/mol. The van der Waals surface area contributed by atoms with E-state index >= 15 is 0 Å². The first kappa shape index (κ1) is 13.4. The minimum atomic E-state index is -0.0291. The summed E-state index contributed by atoms with van der Waals surface area (Å²) in [5, 5.41) is 3.01. The normalized spacial score (nSPS) is 18.3. The molecule has 1 heterocycles. The van der Waals surface area contributed by atoms with E-state index in [-0.39, 0.29) is 11.3 Å². The van der Waals surface area contributed by atoms with Gasteiger partial charge >= 0.3 is 0 Å². The van der Waals surface area contributed by atoms with Crippen molar-refractivity contribution in [1.82, 2.24) is 5.32 Å². The highest BCUT2D eigenvalue weighted by molar-refractivity contribution is 7.80. The molecule has 0 aromatic heterocycles. The van der Waals surface area contributed by atoms with Crippen LogP contribution in [0.2, 0.25) is 0 Å². The van der Waals surface area contributed by atoms with Crippen LogP contribution in [0.25, 0.3) is 0 Å². The highest BCUT2D eigenvalue weighted by Gasteiger charge is 2.27. The molecule has 1 saturated heterocycles. The van der Waals surface area contributed by atoms with E-state index in [1.165, 1.54) is 0 Å². The second-order valence-electron chi connectivity index (χ2n) is 5.16. The molecule has 1 aliphatic rings. The van der Waals surface area contributed by atoms with Gasteiger partial charge in [-0.2, -0.15) is 0 Å². The number of rotatable bonds is 3. The zero-order valence-electron chi connectivity index (χ0n) is 10.6. The fourth-order valence-electron chi connectivity index (χ4n) is 2.08. The van der Waals surface area contributed by atoms with E-state index in [0.717, 1.165) is 31.0 Å². The summed E-state index contributed by atoms with van der Waals surface area (Å²) >= 11 is 4.24. The van der Waals surface area contributed by atoms with E-state index in [4.69, 9.17) is 4.74 Å². The molecule has 0 spiro atoms. The number of ether oxygens (including phenoxy) is 1. The summed E-state index contributed by atoms with van der Waals surface area (Å²) in [7, 11) is 0. The van der Waals surface area contributed by atoms with Crippen molar-refractivity contribution in [2.24, 2.45) is 5.41 Å². The molecule has 0 atom stereocenters. The third kappa shape index (κ3) is 3.50. The van der Waals surface area contributed by atoms with Crippen molar-refractivity contribution in [3.63, 3.8) is 0 Å². The summed E-state index contributed by atoms with van der Waals surface area (Å²) in [5.41, 5.74) is 0.824. The van der Waals surface area contributed by atoms with Gasteiger partial charge in [0.05, 0.1) is 0 Å². The van der Waals surface area contributed by atoms with Crippen molar-refractivity contribution < 1.29 is 9.53 Å². The van der Waals surface area contributed by atoms with Gasteiger partial charge in [0.15, 0.2) is 0 Å². The van der Waals surface area contributed by atoms with Crippen LogP contribution in [0.4, 0.5) is 0 Å². The monoisotopic (exact) mass is 265 g/mol. The van der Waals surface area contributed by atoms with E-state index < -0.39 is 0 Å². The van der Waals surface area contributed by atoms with Crippen LogP contribution in [0, 0.1) is 5.41 Å². The van der Waals surface area contributed by atoms with E-state index in [2.05, 4.69) is 24.9 Å². The van der Waals surface area contributed by atoms with E-state index in [1.54, 1.807) is 12.1 Å². The van der Waals surface area contributed by atoms with Crippen LogP contribution in [-0.2, 0) is 4.74 Å². The van der Waals surface area contributed by atoms with Crippen molar-refractivity contribution in [3.8, 4) is 0 Å². The minimum Gasteiger partial charge on any atom is -0.381 e. The molecule has 3 nitrogen and oxygen atoms in total. The van der Waals surface area contributed by atoms with Gasteiger partial charge in [-0.1, -0.05) is 13.0 Å².